The predicted octanol–water partition coefficient (Wildman–Crippen LogP) is 1.04. The first-order valence-corrected chi connectivity index (χ1v) is 4.91. The molecular weight excluding hydrogens is 229 g/mol. The lowest BCUT2D eigenvalue weighted by Gasteiger charge is -2.15. The number of hydrogen-bond acceptors (Lipinski definition) is 3. The number of rotatable bonds is 4. The van der Waals surface area contributed by atoms with E-state index in [0.29, 0.717) is 6.42 Å². The van der Waals surface area contributed by atoms with E-state index in [4.69, 9.17) is 10.8 Å². The predicted molar refractivity (Wildman–Crippen MR) is 56.9 cm³/mol. The van der Waals surface area contributed by atoms with Gasteiger partial charge in [0.2, 0.25) is 0 Å². The highest BCUT2D eigenvalue weighted by Crippen LogP contribution is 2.18. The van der Waals surface area contributed by atoms with Crippen molar-refractivity contribution in [2.24, 2.45) is 5.73 Å². The number of nitrogens with two attached hydrogens (primary N) is 1. The molecule has 1 atom stereocenters. The number of halogens is 1. The summed E-state index contributed by atoms with van der Waals surface area (Å²) in [6.45, 7) is 1.67. The summed E-state index contributed by atoms with van der Waals surface area (Å²) < 4.78 is 13.5. The molecule has 1 unspecified atom stereocenters. The van der Waals surface area contributed by atoms with E-state index in [-0.39, 0.29) is 11.4 Å². The van der Waals surface area contributed by atoms with Gasteiger partial charge in [-0.1, -0.05) is 6.92 Å². The quantitative estimate of drug-likeness (QED) is 0.732. The van der Waals surface area contributed by atoms with Crippen molar-refractivity contribution in [2.75, 3.05) is 0 Å². The van der Waals surface area contributed by atoms with Gasteiger partial charge in [-0.3, -0.25) is 4.79 Å². The molecule has 0 radical (unpaired) electrons. The molecule has 6 nitrogen and oxygen atoms in total. The smallest absolute Gasteiger partial charge is 0.405 e. The topological polar surface area (TPSA) is 105 Å². The molecule has 2 amide bonds. The summed E-state index contributed by atoms with van der Waals surface area (Å²) in [6, 6.07) is 1.37. The molecule has 0 bridgehead atoms. The van der Waals surface area contributed by atoms with Crippen molar-refractivity contribution in [1.82, 2.24) is 10.3 Å². The molecule has 92 valence electrons. The van der Waals surface area contributed by atoms with E-state index in [1.807, 2.05) is 0 Å². The standard InChI is InChI=1S/C10H12FN3O3/c1-2-6(14-10(16)17)8-5(11)3-4-7(13-8)9(12)15/h3-4,6,14H,2H2,1H3,(H2,12,15)(H,16,17). The van der Waals surface area contributed by atoms with Crippen LogP contribution in [0.1, 0.15) is 35.6 Å². The van der Waals surface area contributed by atoms with Gasteiger partial charge in [0, 0.05) is 0 Å². The largest absolute Gasteiger partial charge is 0.465 e. The van der Waals surface area contributed by atoms with Gasteiger partial charge in [0.1, 0.15) is 11.5 Å². The second-order valence-electron chi connectivity index (χ2n) is 3.34. The third-order valence-corrected chi connectivity index (χ3v) is 2.16. The monoisotopic (exact) mass is 241 g/mol. The molecule has 1 aromatic rings. The maximum Gasteiger partial charge on any atom is 0.405 e. The summed E-state index contributed by atoms with van der Waals surface area (Å²) in [5.41, 5.74) is 4.78. The molecule has 0 aliphatic rings. The molecule has 0 saturated carbocycles. The zero-order valence-electron chi connectivity index (χ0n) is 9.11. The summed E-state index contributed by atoms with van der Waals surface area (Å²) in [6.07, 6.45) is -0.985. The second-order valence-corrected chi connectivity index (χ2v) is 3.34. The fourth-order valence-electron chi connectivity index (χ4n) is 1.35. The number of aromatic nitrogens is 1. The summed E-state index contributed by atoms with van der Waals surface area (Å²) in [7, 11) is 0. The van der Waals surface area contributed by atoms with Gasteiger partial charge in [-0.25, -0.2) is 14.2 Å². The van der Waals surface area contributed by atoms with E-state index in [9.17, 15) is 14.0 Å². The molecule has 1 aromatic heterocycles. The Balaban J connectivity index is 3.12. The minimum atomic E-state index is -1.29. The third-order valence-electron chi connectivity index (χ3n) is 2.16. The molecule has 1 heterocycles. The number of carboxylic acid groups (broad SMARTS) is 1. The van der Waals surface area contributed by atoms with Crippen LogP contribution in [-0.2, 0) is 0 Å². The van der Waals surface area contributed by atoms with Gasteiger partial charge in [-0.2, -0.15) is 0 Å². The number of nitrogens with zero attached hydrogens (tertiary/aromatic N) is 1. The number of amides is 2. The van der Waals surface area contributed by atoms with Crippen LogP contribution in [0, 0.1) is 5.82 Å². The van der Waals surface area contributed by atoms with Crippen molar-refractivity contribution in [3.8, 4) is 0 Å². The molecule has 17 heavy (non-hydrogen) atoms. The van der Waals surface area contributed by atoms with Crippen LogP contribution in [0.5, 0.6) is 0 Å². The van der Waals surface area contributed by atoms with Gasteiger partial charge in [0.25, 0.3) is 5.91 Å². The minimum absolute atomic E-state index is 0.105. The number of carbonyl (C=O) groups is 2. The molecule has 1 rings (SSSR count). The Bertz CT molecular complexity index is 450. The lowest BCUT2D eigenvalue weighted by Crippen LogP contribution is -2.28. The number of carbonyl (C=O) groups excluding carboxylic acids is 1. The molecule has 0 spiro atoms. The molecule has 0 fully saturated rings. The summed E-state index contributed by atoms with van der Waals surface area (Å²) in [4.78, 5) is 25.1. The van der Waals surface area contributed by atoms with Crippen LogP contribution in [0.25, 0.3) is 0 Å². The Hall–Kier alpha value is -2.18. The highest BCUT2D eigenvalue weighted by molar-refractivity contribution is 5.90. The van der Waals surface area contributed by atoms with Gasteiger partial charge in [-0.15, -0.1) is 0 Å². The maximum absolute atomic E-state index is 13.5. The Labute approximate surface area is 96.6 Å². The number of nitrogens with one attached hydrogen (secondary N) is 1. The lowest BCUT2D eigenvalue weighted by molar-refractivity contribution is 0.0995. The zero-order chi connectivity index (χ0) is 13.0. The van der Waals surface area contributed by atoms with Crippen molar-refractivity contribution in [2.45, 2.75) is 19.4 Å². The van der Waals surface area contributed by atoms with Crippen LogP contribution >= 0.6 is 0 Å². The number of primary amides is 1. The first kappa shape index (κ1) is 12.9. The van der Waals surface area contributed by atoms with Crippen LogP contribution in [-0.4, -0.2) is 22.1 Å². The molecule has 0 saturated heterocycles. The van der Waals surface area contributed by atoms with Crippen LogP contribution < -0.4 is 11.1 Å². The van der Waals surface area contributed by atoms with E-state index in [1.165, 1.54) is 0 Å². The highest BCUT2D eigenvalue weighted by atomic mass is 19.1. The molecule has 4 N–H and O–H groups in total. The van der Waals surface area contributed by atoms with E-state index in [0.717, 1.165) is 12.1 Å². The first-order chi connectivity index (χ1) is 7.95. The van der Waals surface area contributed by atoms with Crippen molar-refractivity contribution in [1.29, 1.82) is 0 Å². The minimum Gasteiger partial charge on any atom is -0.465 e. The molecule has 0 aliphatic heterocycles. The Kier molecular flexibility index (Phi) is 3.97. The molecule has 0 aromatic carbocycles. The fourth-order valence-corrected chi connectivity index (χ4v) is 1.35. The van der Waals surface area contributed by atoms with E-state index in [2.05, 4.69) is 10.3 Å². The van der Waals surface area contributed by atoms with Crippen molar-refractivity contribution >= 4 is 12.0 Å². The summed E-state index contributed by atoms with van der Waals surface area (Å²) in [5, 5.41) is 10.7. The molecule has 0 aliphatic carbocycles. The maximum atomic E-state index is 13.5. The van der Waals surface area contributed by atoms with Crippen molar-refractivity contribution in [3.63, 3.8) is 0 Å². The number of hydrogen-bond donors (Lipinski definition) is 3. The summed E-state index contributed by atoms with van der Waals surface area (Å²) in [5.74, 6) is -1.48. The Morgan fingerprint density at radius 3 is 2.71 bits per heavy atom. The van der Waals surface area contributed by atoms with Crippen LogP contribution in [0.4, 0.5) is 9.18 Å². The first-order valence-electron chi connectivity index (χ1n) is 4.91. The SMILES string of the molecule is CCC(NC(=O)O)c1nc(C(N)=O)ccc1F. The highest BCUT2D eigenvalue weighted by Gasteiger charge is 2.19. The average molecular weight is 241 g/mol. The van der Waals surface area contributed by atoms with E-state index < -0.39 is 23.9 Å². The van der Waals surface area contributed by atoms with Gasteiger partial charge >= 0.3 is 6.09 Å². The zero-order valence-corrected chi connectivity index (χ0v) is 9.11. The molecular formula is C10H12FN3O3. The number of pyridine rings is 1. The van der Waals surface area contributed by atoms with Crippen molar-refractivity contribution < 1.29 is 19.1 Å². The normalized spacial score (nSPS) is 11.9. The lowest BCUT2D eigenvalue weighted by atomic mass is 10.1. The van der Waals surface area contributed by atoms with Gasteiger partial charge in [-0.05, 0) is 18.6 Å². The van der Waals surface area contributed by atoms with Crippen LogP contribution in [0.3, 0.4) is 0 Å². The fraction of sp³-hybridized carbons (Fsp3) is 0.300. The van der Waals surface area contributed by atoms with Gasteiger partial charge < -0.3 is 16.2 Å². The summed E-state index contributed by atoms with van der Waals surface area (Å²) >= 11 is 0. The van der Waals surface area contributed by atoms with Crippen molar-refractivity contribution in [3.05, 3.63) is 29.3 Å². The van der Waals surface area contributed by atoms with E-state index in [1.54, 1.807) is 6.92 Å². The Morgan fingerprint density at radius 2 is 2.24 bits per heavy atom. The molecule has 7 heteroatoms. The second kappa shape index (κ2) is 5.24. The average Bonchev–Trinajstić information content (AvgIpc) is 2.26. The van der Waals surface area contributed by atoms with Gasteiger partial charge in [0.15, 0.2) is 0 Å². The van der Waals surface area contributed by atoms with Gasteiger partial charge in [0.05, 0.1) is 11.7 Å². The van der Waals surface area contributed by atoms with E-state index >= 15 is 0 Å². The van der Waals surface area contributed by atoms with Crippen LogP contribution in [0.15, 0.2) is 12.1 Å². The Morgan fingerprint density at radius 1 is 1.59 bits per heavy atom. The van der Waals surface area contributed by atoms with Crippen LogP contribution in [0.2, 0.25) is 0 Å². The third kappa shape index (κ3) is 3.13.